The maximum Gasteiger partial charge on any atom is 0.357 e. The lowest BCUT2D eigenvalue weighted by atomic mass is 10.0. The Hall–Kier alpha value is -3.72. The zero-order valence-corrected chi connectivity index (χ0v) is 22.7. The quantitative estimate of drug-likeness (QED) is 0.171. The number of methoxy groups -OCH3 is 3. The number of para-hydroxylation sites is 1. The summed E-state index contributed by atoms with van der Waals surface area (Å²) >= 11 is 18.4. The minimum Gasteiger partial charge on any atom is -0.496 e. The predicted octanol–water partition coefficient (Wildman–Crippen LogP) is 6.66. The second-order valence-corrected chi connectivity index (χ2v) is 9.04. The second-order valence-electron chi connectivity index (χ2n) is 7.81. The molecule has 0 unspecified atom stereocenters. The van der Waals surface area contributed by atoms with Crippen LogP contribution in [0.25, 0.3) is 16.9 Å². The topological polar surface area (TPSA) is 88.9 Å². The number of halogens is 3. The summed E-state index contributed by atoms with van der Waals surface area (Å²) in [7, 11) is 3.97. The van der Waals surface area contributed by atoms with E-state index in [2.05, 4.69) is 5.10 Å². The third kappa shape index (κ3) is 5.43. The van der Waals surface area contributed by atoms with Crippen LogP contribution in [0.3, 0.4) is 0 Å². The largest absolute Gasteiger partial charge is 0.496 e. The van der Waals surface area contributed by atoms with Gasteiger partial charge in [0.15, 0.2) is 5.69 Å². The molecule has 0 N–H and O–H groups in total. The minimum absolute atomic E-state index is 0.0332. The van der Waals surface area contributed by atoms with E-state index in [4.69, 9.17) is 53.8 Å². The second kappa shape index (κ2) is 11.8. The number of hydrogen-bond acceptors (Lipinski definition) is 7. The highest BCUT2D eigenvalue weighted by molar-refractivity contribution is 6.43. The molecular formula is C27H21Cl3N2O6. The maximum atomic E-state index is 12.9. The summed E-state index contributed by atoms with van der Waals surface area (Å²) in [6.07, 6.45) is 0. The zero-order chi connectivity index (χ0) is 27.4. The molecule has 0 radical (unpaired) electrons. The Morgan fingerprint density at radius 1 is 0.816 bits per heavy atom. The van der Waals surface area contributed by atoms with E-state index in [0.29, 0.717) is 33.3 Å². The lowest BCUT2D eigenvalue weighted by molar-refractivity contribution is 0.0549. The summed E-state index contributed by atoms with van der Waals surface area (Å²) in [5.74, 6) is -0.663. The van der Waals surface area contributed by atoms with Gasteiger partial charge >= 0.3 is 11.9 Å². The minimum atomic E-state index is -0.751. The van der Waals surface area contributed by atoms with Gasteiger partial charge in [-0.25, -0.2) is 14.3 Å². The van der Waals surface area contributed by atoms with Crippen molar-refractivity contribution in [1.82, 2.24) is 9.78 Å². The SMILES string of the molecule is COC(=O)c1c(-c2ccc(OC)c(COc3cc(Cl)c(Cl)cc3Cl)c2)nn(-c2ccccc2)c1C(=O)OC. The molecule has 0 aliphatic heterocycles. The van der Waals surface area contributed by atoms with Gasteiger partial charge in [-0.05, 0) is 36.4 Å². The molecule has 1 aromatic heterocycles. The van der Waals surface area contributed by atoms with E-state index in [1.807, 2.05) is 6.07 Å². The van der Waals surface area contributed by atoms with Crippen LogP contribution >= 0.6 is 34.8 Å². The van der Waals surface area contributed by atoms with Gasteiger partial charge in [0.05, 0.1) is 42.1 Å². The Balaban J connectivity index is 1.84. The molecule has 0 bridgehead atoms. The van der Waals surface area contributed by atoms with Gasteiger partial charge in [-0.2, -0.15) is 5.10 Å². The summed E-state index contributed by atoms with van der Waals surface area (Å²) in [5.41, 5.74) is 1.75. The molecule has 8 nitrogen and oxygen atoms in total. The lowest BCUT2D eigenvalue weighted by Gasteiger charge is -2.13. The Labute approximate surface area is 233 Å². The van der Waals surface area contributed by atoms with E-state index in [1.165, 1.54) is 38.1 Å². The molecule has 4 aromatic rings. The first-order valence-electron chi connectivity index (χ1n) is 11.1. The van der Waals surface area contributed by atoms with Crippen LogP contribution in [0.5, 0.6) is 11.5 Å². The summed E-state index contributed by atoms with van der Waals surface area (Å²) < 4.78 is 22.7. The average Bonchev–Trinajstić information content (AvgIpc) is 3.34. The Kier molecular flexibility index (Phi) is 8.46. The molecule has 1 heterocycles. The summed E-state index contributed by atoms with van der Waals surface area (Å²) in [4.78, 5) is 25.8. The van der Waals surface area contributed by atoms with Crippen molar-refractivity contribution in [2.24, 2.45) is 0 Å². The average molecular weight is 576 g/mol. The van der Waals surface area contributed by atoms with E-state index < -0.39 is 11.9 Å². The molecule has 0 atom stereocenters. The molecule has 3 aromatic carbocycles. The number of ether oxygens (including phenoxy) is 4. The lowest BCUT2D eigenvalue weighted by Crippen LogP contribution is -2.15. The normalized spacial score (nSPS) is 10.7. The van der Waals surface area contributed by atoms with E-state index >= 15 is 0 Å². The molecule has 196 valence electrons. The van der Waals surface area contributed by atoms with Crippen molar-refractivity contribution in [2.75, 3.05) is 21.3 Å². The van der Waals surface area contributed by atoms with Gasteiger partial charge in [-0.3, -0.25) is 0 Å². The van der Waals surface area contributed by atoms with Crippen molar-refractivity contribution in [3.63, 3.8) is 0 Å². The Morgan fingerprint density at radius 3 is 2.16 bits per heavy atom. The van der Waals surface area contributed by atoms with Crippen molar-refractivity contribution in [1.29, 1.82) is 0 Å². The van der Waals surface area contributed by atoms with Gasteiger partial charge in [-0.1, -0.05) is 53.0 Å². The van der Waals surface area contributed by atoms with Gasteiger partial charge in [-0.15, -0.1) is 0 Å². The molecule has 0 aliphatic rings. The van der Waals surface area contributed by atoms with Crippen molar-refractivity contribution in [2.45, 2.75) is 6.61 Å². The molecule has 0 aliphatic carbocycles. The number of aromatic nitrogens is 2. The zero-order valence-electron chi connectivity index (χ0n) is 20.5. The molecule has 11 heteroatoms. The highest BCUT2D eigenvalue weighted by Crippen LogP contribution is 2.36. The first-order chi connectivity index (χ1) is 18.3. The maximum absolute atomic E-state index is 12.9. The van der Waals surface area contributed by atoms with Crippen molar-refractivity contribution < 1.29 is 28.5 Å². The van der Waals surface area contributed by atoms with Gasteiger partial charge in [0.2, 0.25) is 0 Å². The van der Waals surface area contributed by atoms with Gasteiger partial charge in [0.25, 0.3) is 0 Å². The molecule has 38 heavy (non-hydrogen) atoms. The van der Waals surface area contributed by atoms with Crippen LogP contribution in [0.2, 0.25) is 15.1 Å². The fraction of sp³-hybridized carbons (Fsp3) is 0.148. The summed E-state index contributed by atoms with van der Waals surface area (Å²) in [6.45, 7) is 0.0332. The van der Waals surface area contributed by atoms with Gasteiger partial charge < -0.3 is 18.9 Å². The Morgan fingerprint density at radius 2 is 1.50 bits per heavy atom. The number of hydrogen-bond donors (Lipinski definition) is 0. The summed E-state index contributed by atoms with van der Waals surface area (Å²) in [5, 5.41) is 5.49. The fourth-order valence-electron chi connectivity index (χ4n) is 3.77. The molecule has 0 spiro atoms. The standard InChI is InChI=1S/C27H21Cl3N2O6/c1-35-21-10-9-15(11-16(21)14-38-22-13-19(29)18(28)12-20(22)30)24-23(26(33)36-2)25(27(34)37-3)32(31-24)17-7-5-4-6-8-17/h4-13H,14H2,1-3H3. The third-order valence-corrected chi connectivity index (χ3v) is 6.58. The van der Waals surface area contributed by atoms with Crippen molar-refractivity contribution in [3.8, 4) is 28.4 Å². The number of carbonyl (C=O) groups excluding carboxylic acids is 2. The van der Waals surface area contributed by atoms with Crippen LogP contribution in [-0.4, -0.2) is 43.0 Å². The van der Waals surface area contributed by atoms with E-state index in [-0.39, 0.29) is 33.6 Å². The molecule has 0 saturated carbocycles. The molecule has 0 fully saturated rings. The first-order valence-corrected chi connectivity index (χ1v) is 12.2. The number of carbonyl (C=O) groups is 2. The van der Waals surface area contributed by atoms with Crippen molar-refractivity contribution in [3.05, 3.63) is 92.6 Å². The van der Waals surface area contributed by atoms with Crippen LogP contribution in [0.4, 0.5) is 0 Å². The predicted molar refractivity (Wildman–Crippen MR) is 144 cm³/mol. The fourth-order valence-corrected chi connectivity index (χ4v) is 4.36. The first kappa shape index (κ1) is 27.3. The molecule has 4 rings (SSSR count). The van der Waals surface area contributed by atoms with E-state index in [0.717, 1.165) is 0 Å². The molecule has 0 saturated heterocycles. The Bertz CT molecular complexity index is 1500. The van der Waals surface area contributed by atoms with Crippen LogP contribution in [0, 0.1) is 0 Å². The highest BCUT2D eigenvalue weighted by Gasteiger charge is 2.31. The van der Waals surface area contributed by atoms with Crippen LogP contribution in [-0.2, 0) is 16.1 Å². The smallest absolute Gasteiger partial charge is 0.357 e. The number of nitrogens with zero attached hydrogens (tertiary/aromatic N) is 2. The highest BCUT2D eigenvalue weighted by atomic mass is 35.5. The summed E-state index contributed by atoms with van der Waals surface area (Å²) in [6, 6.07) is 17.0. The van der Waals surface area contributed by atoms with Crippen LogP contribution in [0.15, 0.2) is 60.7 Å². The number of rotatable bonds is 8. The van der Waals surface area contributed by atoms with E-state index in [1.54, 1.807) is 42.5 Å². The molecule has 0 amide bonds. The monoisotopic (exact) mass is 574 g/mol. The van der Waals surface area contributed by atoms with Gasteiger partial charge in [0.1, 0.15) is 29.4 Å². The van der Waals surface area contributed by atoms with Crippen LogP contribution in [0.1, 0.15) is 26.4 Å². The van der Waals surface area contributed by atoms with Crippen molar-refractivity contribution >= 4 is 46.7 Å². The number of esters is 2. The molecular weight excluding hydrogens is 555 g/mol. The third-order valence-electron chi connectivity index (χ3n) is 5.57. The van der Waals surface area contributed by atoms with Gasteiger partial charge in [0, 0.05) is 17.2 Å². The number of benzene rings is 3. The van der Waals surface area contributed by atoms with Crippen LogP contribution < -0.4 is 9.47 Å². The van der Waals surface area contributed by atoms with E-state index in [9.17, 15) is 9.59 Å².